The van der Waals surface area contributed by atoms with Gasteiger partial charge in [0.2, 0.25) is 0 Å². The summed E-state index contributed by atoms with van der Waals surface area (Å²) >= 11 is 3.45. The van der Waals surface area contributed by atoms with Crippen LogP contribution in [-0.4, -0.2) is 20.0 Å². The first-order chi connectivity index (χ1) is 10.6. The third kappa shape index (κ3) is 3.17. The molecular weight excluding hydrogens is 342 g/mol. The molecular formula is C16H16BrN5. The minimum Gasteiger partial charge on any atom is -0.362 e. The molecule has 0 spiro atoms. The van der Waals surface area contributed by atoms with Crippen LogP contribution in [0.5, 0.6) is 0 Å². The molecule has 3 aromatic rings. The number of anilines is 1. The summed E-state index contributed by atoms with van der Waals surface area (Å²) in [5, 5.41) is 11.8. The van der Waals surface area contributed by atoms with Crippen molar-refractivity contribution in [3.8, 4) is 5.69 Å². The standard InChI is InChI=1S/C16H16BrN5/c1-11-8-16(18-9-14(11)17)19-12(2)15-10-22(21-20-15)13-6-4-3-5-7-13/h3-10,12H,1-2H3,(H,18,19). The lowest BCUT2D eigenvalue weighted by Crippen LogP contribution is -2.08. The fraction of sp³-hybridized carbons (Fsp3) is 0.188. The van der Waals surface area contributed by atoms with Crippen LogP contribution in [-0.2, 0) is 0 Å². The number of nitrogens with zero attached hydrogens (tertiary/aromatic N) is 4. The lowest BCUT2D eigenvalue weighted by atomic mass is 10.2. The number of benzene rings is 1. The molecule has 2 aromatic heterocycles. The van der Waals surface area contributed by atoms with E-state index in [2.05, 4.69) is 36.5 Å². The zero-order chi connectivity index (χ0) is 15.5. The maximum atomic E-state index is 4.36. The maximum absolute atomic E-state index is 4.36. The van der Waals surface area contributed by atoms with Crippen molar-refractivity contribution >= 4 is 21.7 Å². The van der Waals surface area contributed by atoms with Crippen LogP contribution in [0.2, 0.25) is 0 Å². The normalized spacial score (nSPS) is 12.1. The van der Waals surface area contributed by atoms with Gasteiger partial charge in [-0.25, -0.2) is 9.67 Å². The lowest BCUT2D eigenvalue weighted by molar-refractivity contribution is 0.779. The predicted octanol–water partition coefficient (Wildman–Crippen LogP) is 3.91. The Kier molecular flexibility index (Phi) is 4.20. The average Bonchev–Trinajstić information content (AvgIpc) is 3.02. The average molecular weight is 358 g/mol. The highest BCUT2D eigenvalue weighted by Gasteiger charge is 2.11. The van der Waals surface area contributed by atoms with E-state index in [-0.39, 0.29) is 6.04 Å². The van der Waals surface area contributed by atoms with Gasteiger partial charge in [-0.05, 0) is 53.5 Å². The maximum Gasteiger partial charge on any atom is 0.126 e. The first-order valence-corrected chi connectivity index (χ1v) is 7.79. The van der Waals surface area contributed by atoms with Gasteiger partial charge in [0.1, 0.15) is 11.5 Å². The topological polar surface area (TPSA) is 55.6 Å². The van der Waals surface area contributed by atoms with E-state index in [1.54, 1.807) is 10.9 Å². The summed E-state index contributed by atoms with van der Waals surface area (Å²) < 4.78 is 2.77. The SMILES string of the molecule is Cc1cc(NC(C)c2cn(-c3ccccc3)nn2)ncc1Br. The predicted molar refractivity (Wildman–Crippen MR) is 90.1 cm³/mol. The molecule has 0 aliphatic rings. The van der Waals surface area contributed by atoms with Gasteiger partial charge in [-0.15, -0.1) is 5.10 Å². The molecule has 1 unspecified atom stereocenters. The highest BCUT2D eigenvalue weighted by Crippen LogP contribution is 2.21. The molecule has 22 heavy (non-hydrogen) atoms. The van der Waals surface area contributed by atoms with Crippen LogP contribution in [0.3, 0.4) is 0 Å². The molecule has 1 atom stereocenters. The van der Waals surface area contributed by atoms with Gasteiger partial charge >= 0.3 is 0 Å². The Morgan fingerprint density at radius 1 is 1.23 bits per heavy atom. The number of nitrogens with one attached hydrogen (secondary N) is 1. The molecule has 0 aliphatic heterocycles. The number of hydrogen-bond donors (Lipinski definition) is 1. The smallest absolute Gasteiger partial charge is 0.126 e. The van der Waals surface area contributed by atoms with Crippen LogP contribution in [0.15, 0.2) is 53.3 Å². The van der Waals surface area contributed by atoms with Crippen molar-refractivity contribution in [3.05, 3.63) is 64.5 Å². The van der Waals surface area contributed by atoms with Crippen LogP contribution in [0.4, 0.5) is 5.82 Å². The van der Waals surface area contributed by atoms with Crippen LogP contribution < -0.4 is 5.32 Å². The number of aryl methyl sites for hydroxylation is 1. The number of halogens is 1. The van der Waals surface area contributed by atoms with E-state index in [0.29, 0.717) is 0 Å². The highest BCUT2D eigenvalue weighted by molar-refractivity contribution is 9.10. The van der Waals surface area contributed by atoms with Gasteiger partial charge < -0.3 is 5.32 Å². The van der Waals surface area contributed by atoms with Crippen LogP contribution >= 0.6 is 15.9 Å². The Morgan fingerprint density at radius 3 is 2.73 bits per heavy atom. The zero-order valence-corrected chi connectivity index (χ0v) is 13.9. The monoisotopic (exact) mass is 357 g/mol. The Hall–Kier alpha value is -2.21. The number of pyridine rings is 1. The van der Waals surface area contributed by atoms with E-state index >= 15 is 0 Å². The first-order valence-electron chi connectivity index (χ1n) is 7.00. The summed E-state index contributed by atoms with van der Waals surface area (Å²) in [6, 6.07) is 12.0. The second kappa shape index (κ2) is 6.27. The third-order valence-electron chi connectivity index (χ3n) is 3.39. The summed E-state index contributed by atoms with van der Waals surface area (Å²) in [6.07, 6.45) is 3.73. The molecule has 0 radical (unpaired) electrons. The molecule has 1 N–H and O–H groups in total. The third-order valence-corrected chi connectivity index (χ3v) is 4.22. The highest BCUT2D eigenvalue weighted by atomic mass is 79.9. The molecule has 0 aliphatic carbocycles. The molecule has 3 rings (SSSR count). The summed E-state index contributed by atoms with van der Waals surface area (Å²) in [7, 11) is 0. The number of rotatable bonds is 4. The second-order valence-corrected chi connectivity index (χ2v) is 5.96. The van der Waals surface area contributed by atoms with Crippen molar-refractivity contribution in [2.24, 2.45) is 0 Å². The molecule has 0 saturated carbocycles. The Labute approximate surface area is 137 Å². The number of hydrogen-bond acceptors (Lipinski definition) is 4. The van der Waals surface area contributed by atoms with E-state index in [1.165, 1.54) is 0 Å². The summed E-state index contributed by atoms with van der Waals surface area (Å²) in [6.45, 7) is 4.08. The molecule has 112 valence electrons. The molecule has 5 nitrogen and oxygen atoms in total. The minimum absolute atomic E-state index is 0.0190. The van der Waals surface area contributed by atoms with E-state index in [9.17, 15) is 0 Å². The first kappa shape index (κ1) is 14.7. The van der Waals surface area contributed by atoms with E-state index in [4.69, 9.17) is 0 Å². The van der Waals surface area contributed by atoms with Crippen molar-refractivity contribution in [1.82, 2.24) is 20.0 Å². The van der Waals surface area contributed by atoms with Crippen molar-refractivity contribution in [2.75, 3.05) is 5.32 Å². The van der Waals surface area contributed by atoms with Gasteiger partial charge in [0.05, 0.1) is 17.9 Å². The molecule has 0 amide bonds. The lowest BCUT2D eigenvalue weighted by Gasteiger charge is -2.12. The van der Waals surface area contributed by atoms with Gasteiger partial charge in [-0.1, -0.05) is 23.4 Å². The molecule has 0 bridgehead atoms. The fourth-order valence-electron chi connectivity index (χ4n) is 2.10. The number of aromatic nitrogens is 4. The quantitative estimate of drug-likeness (QED) is 0.768. The van der Waals surface area contributed by atoms with Crippen molar-refractivity contribution in [3.63, 3.8) is 0 Å². The van der Waals surface area contributed by atoms with Gasteiger partial charge in [0, 0.05) is 10.7 Å². The molecule has 1 aromatic carbocycles. The Balaban J connectivity index is 1.77. The number of para-hydroxylation sites is 1. The fourth-order valence-corrected chi connectivity index (χ4v) is 2.31. The minimum atomic E-state index is 0.0190. The van der Waals surface area contributed by atoms with Gasteiger partial charge in [-0.2, -0.15) is 0 Å². The summed E-state index contributed by atoms with van der Waals surface area (Å²) in [5.74, 6) is 0.822. The van der Waals surface area contributed by atoms with E-state index in [1.807, 2.05) is 56.4 Å². The van der Waals surface area contributed by atoms with Crippen molar-refractivity contribution in [2.45, 2.75) is 19.9 Å². The van der Waals surface area contributed by atoms with Gasteiger partial charge in [0.15, 0.2) is 0 Å². The molecule has 0 saturated heterocycles. The molecule has 0 fully saturated rings. The van der Waals surface area contributed by atoms with Crippen LogP contribution in [0.25, 0.3) is 5.69 Å². The van der Waals surface area contributed by atoms with Crippen LogP contribution in [0, 0.1) is 6.92 Å². The van der Waals surface area contributed by atoms with Crippen molar-refractivity contribution in [1.29, 1.82) is 0 Å². The second-order valence-electron chi connectivity index (χ2n) is 5.11. The zero-order valence-electron chi connectivity index (χ0n) is 12.4. The van der Waals surface area contributed by atoms with E-state index < -0.39 is 0 Å². The van der Waals surface area contributed by atoms with Gasteiger partial charge in [-0.3, -0.25) is 0 Å². The van der Waals surface area contributed by atoms with Gasteiger partial charge in [0.25, 0.3) is 0 Å². The molecule has 2 heterocycles. The Morgan fingerprint density at radius 2 is 2.00 bits per heavy atom. The Bertz CT molecular complexity index is 769. The molecule has 6 heteroatoms. The van der Waals surface area contributed by atoms with Crippen LogP contribution in [0.1, 0.15) is 24.2 Å². The largest absolute Gasteiger partial charge is 0.362 e. The summed E-state index contributed by atoms with van der Waals surface area (Å²) in [5.41, 5.74) is 3.00. The summed E-state index contributed by atoms with van der Waals surface area (Å²) in [4.78, 5) is 4.36. The van der Waals surface area contributed by atoms with E-state index in [0.717, 1.165) is 27.2 Å². The van der Waals surface area contributed by atoms with Crippen molar-refractivity contribution < 1.29 is 0 Å².